The summed E-state index contributed by atoms with van der Waals surface area (Å²) >= 11 is 0. The average Bonchev–Trinajstić information content (AvgIpc) is 2.66. The molecule has 1 aliphatic rings. The molecule has 0 bridgehead atoms. The second-order valence-corrected chi connectivity index (χ2v) is 5.92. The van der Waals surface area contributed by atoms with Gasteiger partial charge >= 0.3 is 5.97 Å². The molecule has 2 rings (SSSR count). The minimum atomic E-state index is -0.992. The topological polar surface area (TPSA) is 97.3 Å². The van der Waals surface area contributed by atoms with Gasteiger partial charge < -0.3 is 24.6 Å². The van der Waals surface area contributed by atoms with Gasteiger partial charge in [-0.3, -0.25) is 14.5 Å². The van der Waals surface area contributed by atoms with E-state index in [2.05, 4.69) is 10.2 Å². The molecular formula is C18H26N2O6. The summed E-state index contributed by atoms with van der Waals surface area (Å²) in [6, 6.07) is 5.48. The fourth-order valence-corrected chi connectivity index (χ4v) is 2.63. The van der Waals surface area contributed by atoms with Crippen LogP contribution in [0.3, 0.4) is 0 Å². The number of hydrogen-bond acceptors (Lipinski definition) is 6. The Bertz CT molecular complexity index is 601. The molecule has 8 nitrogen and oxygen atoms in total. The van der Waals surface area contributed by atoms with Crippen LogP contribution in [0.15, 0.2) is 18.2 Å². The van der Waals surface area contributed by atoms with Crippen molar-refractivity contribution in [3.63, 3.8) is 0 Å². The van der Waals surface area contributed by atoms with Gasteiger partial charge in [-0.05, 0) is 6.07 Å². The zero-order valence-electron chi connectivity index (χ0n) is 15.0. The molecule has 1 saturated heterocycles. The summed E-state index contributed by atoms with van der Waals surface area (Å²) in [7, 11) is 1.57. The van der Waals surface area contributed by atoms with E-state index in [4.69, 9.17) is 19.3 Å². The third-order valence-electron chi connectivity index (χ3n) is 4.08. The highest BCUT2D eigenvalue weighted by atomic mass is 16.5. The Morgan fingerprint density at radius 3 is 2.73 bits per heavy atom. The van der Waals surface area contributed by atoms with Crippen molar-refractivity contribution in [2.45, 2.75) is 19.4 Å². The summed E-state index contributed by atoms with van der Waals surface area (Å²) in [5, 5.41) is 11.4. The Kier molecular flexibility index (Phi) is 8.17. The van der Waals surface area contributed by atoms with Gasteiger partial charge in [-0.25, -0.2) is 0 Å². The first kappa shape index (κ1) is 20.0. The van der Waals surface area contributed by atoms with Crippen LogP contribution < -0.4 is 14.8 Å². The van der Waals surface area contributed by atoms with E-state index < -0.39 is 5.97 Å². The van der Waals surface area contributed by atoms with Gasteiger partial charge in [-0.1, -0.05) is 12.1 Å². The van der Waals surface area contributed by atoms with Crippen molar-refractivity contribution in [1.29, 1.82) is 0 Å². The molecule has 1 heterocycles. The molecule has 144 valence electrons. The summed E-state index contributed by atoms with van der Waals surface area (Å²) in [5.74, 6) is -0.103. The van der Waals surface area contributed by atoms with Crippen LogP contribution in [-0.2, 0) is 20.9 Å². The predicted octanol–water partition coefficient (Wildman–Crippen LogP) is 0.887. The lowest BCUT2D eigenvalue weighted by Gasteiger charge is -2.26. The number of carboxylic acids is 1. The number of morpholine rings is 1. The highest BCUT2D eigenvalue weighted by Crippen LogP contribution is 2.31. The number of amides is 1. The molecule has 1 amide bonds. The third kappa shape index (κ3) is 6.53. The molecule has 26 heavy (non-hydrogen) atoms. The molecule has 0 aliphatic carbocycles. The van der Waals surface area contributed by atoms with Gasteiger partial charge in [-0.15, -0.1) is 0 Å². The van der Waals surface area contributed by atoms with Crippen LogP contribution in [0.4, 0.5) is 0 Å². The van der Waals surface area contributed by atoms with Gasteiger partial charge in [0.05, 0.1) is 26.7 Å². The van der Waals surface area contributed by atoms with Crippen LogP contribution in [0.5, 0.6) is 11.5 Å². The van der Waals surface area contributed by atoms with Crippen LogP contribution >= 0.6 is 0 Å². The number of nitrogens with zero attached hydrogens (tertiary/aromatic N) is 1. The number of benzene rings is 1. The number of ether oxygens (including phenoxy) is 3. The highest BCUT2D eigenvalue weighted by Gasteiger charge is 2.14. The lowest BCUT2D eigenvalue weighted by molar-refractivity contribution is -0.138. The van der Waals surface area contributed by atoms with E-state index in [1.54, 1.807) is 13.2 Å². The molecule has 2 N–H and O–H groups in total. The predicted molar refractivity (Wildman–Crippen MR) is 94.5 cm³/mol. The zero-order chi connectivity index (χ0) is 18.8. The summed E-state index contributed by atoms with van der Waals surface area (Å²) < 4.78 is 16.6. The van der Waals surface area contributed by atoms with Crippen molar-refractivity contribution in [3.05, 3.63) is 23.8 Å². The third-order valence-corrected chi connectivity index (χ3v) is 4.08. The molecule has 0 atom stereocenters. The molecular weight excluding hydrogens is 340 g/mol. The number of hydrogen-bond donors (Lipinski definition) is 2. The van der Waals surface area contributed by atoms with Gasteiger partial charge in [0.15, 0.2) is 11.5 Å². The molecule has 1 fully saturated rings. The smallest absolute Gasteiger partial charge is 0.303 e. The number of para-hydroxylation sites is 1. The van der Waals surface area contributed by atoms with Crippen LogP contribution in [0.1, 0.15) is 18.4 Å². The largest absolute Gasteiger partial charge is 0.493 e. The van der Waals surface area contributed by atoms with E-state index >= 15 is 0 Å². The Hall–Kier alpha value is -2.32. The number of carbonyl (C=O) groups is 2. The zero-order valence-corrected chi connectivity index (χ0v) is 15.0. The maximum Gasteiger partial charge on any atom is 0.303 e. The summed E-state index contributed by atoms with van der Waals surface area (Å²) in [4.78, 5) is 24.5. The SMILES string of the molecule is COc1cccc(CNC(=O)CCC(=O)O)c1OCCN1CCOCC1. The van der Waals surface area contributed by atoms with Gasteiger partial charge in [0.2, 0.25) is 5.91 Å². The van der Waals surface area contributed by atoms with E-state index in [0.717, 1.165) is 38.4 Å². The normalized spacial score (nSPS) is 14.7. The number of nitrogens with one attached hydrogen (secondary N) is 1. The van der Waals surface area contributed by atoms with E-state index in [9.17, 15) is 9.59 Å². The molecule has 0 aromatic heterocycles. The van der Waals surface area contributed by atoms with Crippen LogP contribution in [0.25, 0.3) is 0 Å². The van der Waals surface area contributed by atoms with Crippen molar-refractivity contribution in [1.82, 2.24) is 10.2 Å². The molecule has 0 saturated carbocycles. The number of methoxy groups -OCH3 is 1. The number of rotatable bonds is 10. The monoisotopic (exact) mass is 366 g/mol. The number of aliphatic carboxylic acids is 1. The molecule has 1 aliphatic heterocycles. The van der Waals surface area contributed by atoms with Crippen molar-refractivity contribution < 1.29 is 28.9 Å². The molecule has 8 heteroatoms. The quantitative estimate of drug-likeness (QED) is 0.635. The Balaban J connectivity index is 1.90. The lowest BCUT2D eigenvalue weighted by Crippen LogP contribution is -2.38. The summed E-state index contributed by atoms with van der Waals surface area (Å²) in [6.45, 7) is 4.79. The summed E-state index contributed by atoms with van der Waals surface area (Å²) in [6.07, 6.45) is -0.237. The van der Waals surface area contributed by atoms with Gasteiger partial charge in [0, 0.05) is 38.2 Å². The van der Waals surface area contributed by atoms with Crippen molar-refractivity contribution in [3.8, 4) is 11.5 Å². The minimum Gasteiger partial charge on any atom is -0.493 e. The second-order valence-electron chi connectivity index (χ2n) is 5.92. The molecule has 1 aromatic carbocycles. The first-order chi connectivity index (χ1) is 12.6. The van der Waals surface area contributed by atoms with Crippen LogP contribution in [-0.4, -0.2) is 68.4 Å². The fourth-order valence-electron chi connectivity index (χ4n) is 2.63. The van der Waals surface area contributed by atoms with Crippen LogP contribution in [0.2, 0.25) is 0 Å². The van der Waals surface area contributed by atoms with Crippen LogP contribution in [0, 0.1) is 0 Å². The van der Waals surface area contributed by atoms with Crippen molar-refractivity contribution in [2.75, 3.05) is 46.6 Å². The van der Waals surface area contributed by atoms with E-state index in [0.29, 0.717) is 18.1 Å². The standard InChI is InChI=1S/C18H26N2O6/c1-24-15-4-2-3-14(13-19-16(21)5-6-17(22)23)18(15)26-12-9-20-7-10-25-11-8-20/h2-4H,5-13H2,1H3,(H,19,21)(H,22,23). The van der Waals surface area contributed by atoms with E-state index in [1.165, 1.54) is 0 Å². The molecule has 0 radical (unpaired) electrons. The fraction of sp³-hybridized carbons (Fsp3) is 0.556. The molecule has 0 unspecified atom stereocenters. The summed E-state index contributed by atoms with van der Waals surface area (Å²) in [5.41, 5.74) is 0.787. The maximum atomic E-state index is 11.7. The number of carbonyl (C=O) groups excluding carboxylic acids is 1. The minimum absolute atomic E-state index is 0.0491. The first-order valence-electron chi connectivity index (χ1n) is 8.67. The maximum absolute atomic E-state index is 11.7. The Morgan fingerprint density at radius 1 is 1.27 bits per heavy atom. The van der Waals surface area contributed by atoms with Crippen molar-refractivity contribution in [2.24, 2.45) is 0 Å². The second kappa shape index (κ2) is 10.6. The Labute approximate surface area is 153 Å². The van der Waals surface area contributed by atoms with E-state index in [-0.39, 0.29) is 25.3 Å². The lowest BCUT2D eigenvalue weighted by atomic mass is 10.1. The van der Waals surface area contributed by atoms with Gasteiger partial charge in [0.25, 0.3) is 0 Å². The molecule has 0 spiro atoms. The van der Waals surface area contributed by atoms with Gasteiger partial charge in [-0.2, -0.15) is 0 Å². The Morgan fingerprint density at radius 2 is 2.04 bits per heavy atom. The average molecular weight is 366 g/mol. The highest BCUT2D eigenvalue weighted by molar-refractivity contribution is 5.80. The molecule has 1 aromatic rings. The van der Waals surface area contributed by atoms with Gasteiger partial charge in [0.1, 0.15) is 6.61 Å². The number of carboxylic acid groups (broad SMARTS) is 1. The van der Waals surface area contributed by atoms with Crippen molar-refractivity contribution >= 4 is 11.9 Å². The first-order valence-corrected chi connectivity index (χ1v) is 8.67. The van der Waals surface area contributed by atoms with E-state index in [1.807, 2.05) is 12.1 Å².